The van der Waals surface area contributed by atoms with Crippen LogP contribution in [0, 0.1) is 0 Å². The summed E-state index contributed by atoms with van der Waals surface area (Å²) in [6.07, 6.45) is 0.327. The fourth-order valence-corrected chi connectivity index (χ4v) is 2.13. The zero-order chi connectivity index (χ0) is 11.1. The van der Waals surface area contributed by atoms with Gasteiger partial charge in [0, 0.05) is 6.61 Å². The Morgan fingerprint density at radius 2 is 1.87 bits per heavy atom. The molecular weight excluding hydrogens is 216 g/mol. The molecule has 0 saturated heterocycles. The highest BCUT2D eigenvalue weighted by atomic mass is 32.2. The monoisotopic (exact) mass is 230 g/mol. The molecule has 0 aliphatic heterocycles. The SMILES string of the molecule is O=S(=O)(Cc1ccccc1)OCCCO. The number of benzene rings is 1. The Bertz CT molecular complexity index is 372. The lowest BCUT2D eigenvalue weighted by molar-refractivity contribution is 0.236. The number of rotatable bonds is 6. The van der Waals surface area contributed by atoms with Gasteiger partial charge in [0.25, 0.3) is 10.1 Å². The molecule has 1 N–H and O–H groups in total. The molecule has 0 spiro atoms. The third-order valence-electron chi connectivity index (χ3n) is 1.75. The van der Waals surface area contributed by atoms with Crippen molar-refractivity contribution < 1.29 is 17.7 Å². The van der Waals surface area contributed by atoms with Crippen LogP contribution in [-0.4, -0.2) is 26.7 Å². The van der Waals surface area contributed by atoms with Gasteiger partial charge in [0.1, 0.15) is 5.75 Å². The van der Waals surface area contributed by atoms with Gasteiger partial charge in [-0.3, -0.25) is 4.18 Å². The van der Waals surface area contributed by atoms with Crippen LogP contribution in [0.25, 0.3) is 0 Å². The van der Waals surface area contributed by atoms with E-state index in [4.69, 9.17) is 5.11 Å². The number of hydrogen-bond acceptors (Lipinski definition) is 4. The zero-order valence-electron chi connectivity index (χ0n) is 8.30. The molecule has 0 radical (unpaired) electrons. The first kappa shape index (κ1) is 12.2. The highest BCUT2D eigenvalue weighted by Crippen LogP contribution is 2.07. The maximum absolute atomic E-state index is 11.4. The Morgan fingerprint density at radius 3 is 2.47 bits per heavy atom. The molecule has 1 aromatic carbocycles. The van der Waals surface area contributed by atoms with Crippen molar-refractivity contribution in [1.82, 2.24) is 0 Å². The number of aliphatic hydroxyl groups is 1. The van der Waals surface area contributed by atoms with Crippen LogP contribution in [0.1, 0.15) is 12.0 Å². The van der Waals surface area contributed by atoms with Crippen molar-refractivity contribution in [3.8, 4) is 0 Å². The van der Waals surface area contributed by atoms with Crippen LogP contribution in [0.3, 0.4) is 0 Å². The Hall–Kier alpha value is -0.910. The molecule has 1 rings (SSSR count). The van der Waals surface area contributed by atoms with E-state index >= 15 is 0 Å². The summed E-state index contributed by atoms with van der Waals surface area (Å²) in [5.74, 6) is -0.126. The molecule has 0 atom stereocenters. The fourth-order valence-electron chi connectivity index (χ4n) is 1.07. The molecule has 0 heterocycles. The highest BCUT2D eigenvalue weighted by Gasteiger charge is 2.11. The molecule has 0 unspecified atom stereocenters. The average Bonchev–Trinajstić information content (AvgIpc) is 2.18. The summed E-state index contributed by atoms with van der Waals surface area (Å²) in [6, 6.07) is 8.83. The molecule has 5 heteroatoms. The van der Waals surface area contributed by atoms with Gasteiger partial charge >= 0.3 is 0 Å². The standard InChI is InChI=1S/C10H14O4S/c11-7-4-8-14-15(12,13)9-10-5-2-1-3-6-10/h1-3,5-6,11H,4,7-9H2. The van der Waals surface area contributed by atoms with E-state index in [2.05, 4.69) is 4.18 Å². The minimum Gasteiger partial charge on any atom is -0.396 e. The second-order valence-corrected chi connectivity index (χ2v) is 4.73. The lowest BCUT2D eigenvalue weighted by atomic mass is 10.2. The molecule has 0 bridgehead atoms. The van der Waals surface area contributed by atoms with Crippen LogP contribution in [-0.2, 0) is 20.1 Å². The van der Waals surface area contributed by atoms with Gasteiger partial charge in [-0.1, -0.05) is 30.3 Å². The summed E-state index contributed by atoms with van der Waals surface area (Å²) in [7, 11) is -3.52. The molecule has 15 heavy (non-hydrogen) atoms. The molecule has 0 aliphatic rings. The molecule has 0 saturated carbocycles. The van der Waals surface area contributed by atoms with Gasteiger partial charge in [0.2, 0.25) is 0 Å². The van der Waals surface area contributed by atoms with Gasteiger partial charge < -0.3 is 5.11 Å². The number of aliphatic hydroxyl groups excluding tert-OH is 1. The number of hydrogen-bond donors (Lipinski definition) is 1. The van der Waals surface area contributed by atoms with Crippen LogP contribution in [0.2, 0.25) is 0 Å². The molecular formula is C10H14O4S. The van der Waals surface area contributed by atoms with Crippen LogP contribution < -0.4 is 0 Å². The van der Waals surface area contributed by atoms with Gasteiger partial charge in [-0.25, -0.2) is 0 Å². The van der Waals surface area contributed by atoms with Gasteiger partial charge in [-0.15, -0.1) is 0 Å². The molecule has 0 fully saturated rings. The first-order chi connectivity index (χ1) is 7.14. The summed E-state index contributed by atoms with van der Waals surface area (Å²) >= 11 is 0. The summed E-state index contributed by atoms with van der Waals surface area (Å²) in [5, 5.41) is 8.48. The normalized spacial score (nSPS) is 11.5. The third kappa shape index (κ3) is 4.92. The minimum atomic E-state index is -3.52. The lowest BCUT2D eigenvalue weighted by Gasteiger charge is -2.04. The van der Waals surface area contributed by atoms with Crippen LogP contribution in [0.4, 0.5) is 0 Å². The quantitative estimate of drug-likeness (QED) is 0.583. The van der Waals surface area contributed by atoms with Gasteiger partial charge in [0.05, 0.1) is 6.61 Å². The Balaban J connectivity index is 2.50. The van der Waals surface area contributed by atoms with Gasteiger partial charge in [-0.2, -0.15) is 8.42 Å². The maximum atomic E-state index is 11.4. The highest BCUT2D eigenvalue weighted by molar-refractivity contribution is 7.85. The van der Waals surface area contributed by atoms with E-state index < -0.39 is 10.1 Å². The average molecular weight is 230 g/mol. The van der Waals surface area contributed by atoms with Crippen LogP contribution >= 0.6 is 0 Å². The first-order valence-electron chi connectivity index (χ1n) is 4.66. The van der Waals surface area contributed by atoms with Crippen molar-refractivity contribution in [3.05, 3.63) is 35.9 Å². The first-order valence-corrected chi connectivity index (χ1v) is 6.24. The maximum Gasteiger partial charge on any atom is 0.271 e. The van der Waals surface area contributed by atoms with E-state index in [0.717, 1.165) is 0 Å². The second kappa shape index (κ2) is 5.85. The van der Waals surface area contributed by atoms with Crippen molar-refractivity contribution in [2.45, 2.75) is 12.2 Å². The van der Waals surface area contributed by atoms with E-state index in [-0.39, 0.29) is 19.0 Å². The van der Waals surface area contributed by atoms with Gasteiger partial charge in [-0.05, 0) is 12.0 Å². The second-order valence-electron chi connectivity index (χ2n) is 3.09. The summed E-state index contributed by atoms with van der Waals surface area (Å²) in [4.78, 5) is 0. The minimum absolute atomic E-state index is 0.0334. The van der Waals surface area contributed by atoms with E-state index in [1.807, 2.05) is 6.07 Å². The molecule has 4 nitrogen and oxygen atoms in total. The van der Waals surface area contributed by atoms with E-state index in [9.17, 15) is 8.42 Å². The lowest BCUT2D eigenvalue weighted by Crippen LogP contribution is -2.10. The van der Waals surface area contributed by atoms with Crippen molar-refractivity contribution in [3.63, 3.8) is 0 Å². The molecule has 0 aromatic heterocycles. The topological polar surface area (TPSA) is 63.6 Å². The summed E-state index contributed by atoms with van der Waals surface area (Å²) in [5.41, 5.74) is 0.696. The predicted molar refractivity (Wildman–Crippen MR) is 56.7 cm³/mol. The molecule has 84 valence electrons. The zero-order valence-corrected chi connectivity index (χ0v) is 9.11. The summed E-state index contributed by atoms with van der Waals surface area (Å²) in [6.45, 7) is -0.0352. The van der Waals surface area contributed by atoms with Crippen LogP contribution in [0.5, 0.6) is 0 Å². The van der Waals surface area contributed by atoms with Gasteiger partial charge in [0.15, 0.2) is 0 Å². The van der Waals surface area contributed by atoms with Crippen LogP contribution in [0.15, 0.2) is 30.3 Å². The van der Waals surface area contributed by atoms with E-state index in [0.29, 0.717) is 12.0 Å². The summed E-state index contributed by atoms with van der Waals surface area (Å²) < 4.78 is 27.4. The van der Waals surface area contributed by atoms with E-state index in [1.54, 1.807) is 24.3 Å². The molecule has 0 amide bonds. The Morgan fingerprint density at radius 1 is 1.20 bits per heavy atom. The smallest absolute Gasteiger partial charge is 0.271 e. The Kier molecular flexibility index (Phi) is 4.74. The fraction of sp³-hybridized carbons (Fsp3) is 0.400. The molecule has 0 aliphatic carbocycles. The van der Waals surface area contributed by atoms with Crippen molar-refractivity contribution in [2.75, 3.05) is 13.2 Å². The van der Waals surface area contributed by atoms with Crippen molar-refractivity contribution >= 4 is 10.1 Å². The molecule has 1 aromatic rings. The van der Waals surface area contributed by atoms with Crippen molar-refractivity contribution in [2.24, 2.45) is 0 Å². The third-order valence-corrected chi connectivity index (χ3v) is 2.96. The predicted octanol–water partition coefficient (Wildman–Crippen LogP) is 0.915. The van der Waals surface area contributed by atoms with Crippen molar-refractivity contribution in [1.29, 1.82) is 0 Å². The van der Waals surface area contributed by atoms with E-state index in [1.165, 1.54) is 0 Å². The Labute approximate surface area is 89.6 Å². The largest absolute Gasteiger partial charge is 0.396 e.